The van der Waals surface area contributed by atoms with Crippen molar-refractivity contribution in [3.8, 4) is 22.9 Å². The zero-order chi connectivity index (χ0) is 31.8. The van der Waals surface area contributed by atoms with E-state index in [0.717, 1.165) is 5.69 Å². The number of para-hydroxylation sites is 1. The lowest BCUT2D eigenvalue weighted by Gasteiger charge is -2.20. The van der Waals surface area contributed by atoms with E-state index >= 15 is 0 Å². The fourth-order valence-electron chi connectivity index (χ4n) is 5.14. The zero-order valence-electron chi connectivity index (χ0n) is 25.0. The number of amides is 2. The summed E-state index contributed by atoms with van der Waals surface area (Å²) in [5.74, 6) is 0.987. The molecule has 3 aromatic carbocycles. The van der Waals surface area contributed by atoms with Crippen LogP contribution in [0.15, 0.2) is 97.2 Å². The molecule has 1 atom stereocenters. The van der Waals surface area contributed by atoms with Crippen molar-refractivity contribution >= 4 is 28.8 Å². The fraction of sp³-hybridized carbons (Fsp3) is 0.206. The highest BCUT2D eigenvalue weighted by molar-refractivity contribution is 5.98. The first-order chi connectivity index (χ1) is 21.8. The van der Waals surface area contributed by atoms with Crippen molar-refractivity contribution in [3.05, 3.63) is 108 Å². The van der Waals surface area contributed by atoms with Gasteiger partial charge < -0.3 is 31.0 Å². The number of aromatic nitrogens is 3. The number of benzene rings is 3. The second-order valence-electron chi connectivity index (χ2n) is 10.7. The van der Waals surface area contributed by atoms with Crippen molar-refractivity contribution in [2.45, 2.75) is 25.3 Å². The smallest absolute Gasteiger partial charge is 0.253 e. The minimum absolute atomic E-state index is 0.142. The van der Waals surface area contributed by atoms with Gasteiger partial charge in [0.2, 0.25) is 5.91 Å². The third-order valence-electron chi connectivity index (χ3n) is 7.39. The van der Waals surface area contributed by atoms with Crippen LogP contribution in [0.1, 0.15) is 34.9 Å². The molecule has 11 heteroatoms. The average molecular weight is 605 g/mol. The first-order valence-electron chi connectivity index (χ1n) is 14.7. The number of carbonyl (C=O) groups is 2. The second kappa shape index (κ2) is 14.2. The molecule has 5 rings (SSSR count). The maximum atomic E-state index is 13.4. The highest BCUT2D eigenvalue weighted by atomic mass is 16.5. The van der Waals surface area contributed by atoms with Gasteiger partial charge in [0.25, 0.3) is 5.91 Å². The number of nitrogens with two attached hydrogens (primary N) is 2. The van der Waals surface area contributed by atoms with Crippen LogP contribution in [-0.4, -0.2) is 57.3 Å². The largest absolute Gasteiger partial charge is 0.457 e. The lowest BCUT2D eigenvalue weighted by Crippen LogP contribution is -2.32. The van der Waals surface area contributed by atoms with Crippen molar-refractivity contribution in [2.75, 3.05) is 20.1 Å². The van der Waals surface area contributed by atoms with Gasteiger partial charge in [-0.1, -0.05) is 36.4 Å². The molecule has 230 valence electrons. The van der Waals surface area contributed by atoms with Gasteiger partial charge in [-0.3, -0.25) is 20.0 Å². The lowest BCUT2D eigenvalue weighted by molar-refractivity contribution is -0.121. The molecule has 0 aliphatic rings. The molecule has 0 saturated heterocycles. The molecule has 6 N–H and O–H groups in total. The zero-order valence-corrected chi connectivity index (χ0v) is 25.0. The highest BCUT2D eigenvalue weighted by Gasteiger charge is 2.25. The minimum Gasteiger partial charge on any atom is -0.457 e. The summed E-state index contributed by atoms with van der Waals surface area (Å²) in [6.45, 7) is 0.908. The van der Waals surface area contributed by atoms with Gasteiger partial charge in [-0.25, -0.2) is 4.98 Å². The number of rotatable bonds is 13. The second-order valence-corrected chi connectivity index (χ2v) is 10.7. The number of hydrogen-bond donors (Lipinski definition) is 4. The number of pyridine rings is 1. The van der Waals surface area contributed by atoms with Crippen molar-refractivity contribution in [1.29, 1.82) is 5.41 Å². The Kier molecular flexibility index (Phi) is 9.68. The number of primary amides is 1. The normalized spacial score (nSPS) is 11.6. The van der Waals surface area contributed by atoms with Gasteiger partial charge in [-0.2, -0.15) is 0 Å². The molecule has 0 spiro atoms. The van der Waals surface area contributed by atoms with E-state index in [-0.39, 0.29) is 11.9 Å². The summed E-state index contributed by atoms with van der Waals surface area (Å²) in [7, 11) is 1.76. The number of nitrogens with one attached hydrogen (secondary N) is 2. The summed E-state index contributed by atoms with van der Waals surface area (Å²) >= 11 is 0. The van der Waals surface area contributed by atoms with Crippen molar-refractivity contribution in [1.82, 2.24) is 24.8 Å². The van der Waals surface area contributed by atoms with Gasteiger partial charge in [-0.15, -0.1) is 0 Å². The Balaban J connectivity index is 1.50. The van der Waals surface area contributed by atoms with Crippen LogP contribution < -0.4 is 21.5 Å². The molecule has 0 saturated carbocycles. The quantitative estimate of drug-likeness (QED) is 0.0873. The Morgan fingerprint density at radius 1 is 0.978 bits per heavy atom. The maximum absolute atomic E-state index is 13.4. The monoisotopic (exact) mass is 604 g/mol. The molecule has 45 heavy (non-hydrogen) atoms. The van der Waals surface area contributed by atoms with Gasteiger partial charge in [0.15, 0.2) is 5.96 Å². The number of imidazole rings is 1. The van der Waals surface area contributed by atoms with E-state index in [9.17, 15) is 9.59 Å². The summed E-state index contributed by atoms with van der Waals surface area (Å²) in [4.78, 5) is 37.3. The third-order valence-corrected chi connectivity index (χ3v) is 7.39. The summed E-state index contributed by atoms with van der Waals surface area (Å²) in [6.07, 6.45) is 3.28. The van der Waals surface area contributed by atoms with E-state index < -0.39 is 11.9 Å². The van der Waals surface area contributed by atoms with E-state index in [1.165, 1.54) is 0 Å². The van der Waals surface area contributed by atoms with Crippen LogP contribution in [-0.2, 0) is 11.2 Å². The summed E-state index contributed by atoms with van der Waals surface area (Å²) in [5, 5.41) is 10.2. The van der Waals surface area contributed by atoms with Crippen LogP contribution in [0.2, 0.25) is 0 Å². The molecule has 0 unspecified atom stereocenters. The Morgan fingerprint density at radius 2 is 1.76 bits per heavy atom. The van der Waals surface area contributed by atoms with Crippen LogP contribution in [0, 0.1) is 5.41 Å². The summed E-state index contributed by atoms with van der Waals surface area (Å²) in [6, 6.07) is 27.2. The van der Waals surface area contributed by atoms with Gasteiger partial charge in [0.05, 0.1) is 11.0 Å². The van der Waals surface area contributed by atoms with E-state index in [4.69, 9.17) is 26.6 Å². The first-order valence-corrected chi connectivity index (χ1v) is 14.7. The molecule has 0 radical (unpaired) electrons. The summed E-state index contributed by atoms with van der Waals surface area (Å²) < 4.78 is 7.90. The Labute approximate surface area is 261 Å². The highest BCUT2D eigenvalue weighted by Crippen LogP contribution is 2.33. The number of nitrogens with zero attached hydrogens (tertiary/aromatic N) is 4. The molecular formula is C34H36N8O3. The Morgan fingerprint density at radius 3 is 2.49 bits per heavy atom. The number of ether oxygens (including phenoxy) is 1. The topological polar surface area (TPSA) is 165 Å². The van der Waals surface area contributed by atoms with Crippen molar-refractivity contribution in [2.24, 2.45) is 11.5 Å². The molecule has 2 heterocycles. The average Bonchev–Trinajstić information content (AvgIpc) is 3.42. The summed E-state index contributed by atoms with van der Waals surface area (Å²) in [5.41, 5.74) is 14.7. The van der Waals surface area contributed by atoms with E-state index in [2.05, 4.69) is 10.3 Å². The van der Waals surface area contributed by atoms with Crippen LogP contribution in [0.4, 0.5) is 0 Å². The molecule has 0 bridgehead atoms. The third kappa shape index (κ3) is 7.63. The number of likely N-dealkylation sites (N-methyl/N-ethyl adjacent to an activating group) is 1. The van der Waals surface area contributed by atoms with Crippen LogP contribution >= 0.6 is 0 Å². The molecule has 0 aliphatic heterocycles. The number of hydrogen-bond acceptors (Lipinski definition) is 6. The fourth-order valence-corrected chi connectivity index (χ4v) is 5.14. The maximum Gasteiger partial charge on any atom is 0.253 e. The van der Waals surface area contributed by atoms with Crippen LogP contribution in [0.25, 0.3) is 22.4 Å². The van der Waals surface area contributed by atoms with Gasteiger partial charge in [0.1, 0.15) is 23.4 Å². The van der Waals surface area contributed by atoms with Gasteiger partial charge >= 0.3 is 0 Å². The van der Waals surface area contributed by atoms with E-state index in [0.29, 0.717) is 71.8 Å². The number of carbonyl (C=O) groups excluding carboxylic acids is 2. The number of guanidine groups is 1. The minimum atomic E-state index is -0.750. The molecule has 2 aromatic heterocycles. The Hall–Kier alpha value is -5.71. The molecule has 11 nitrogen and oxygen atoms in total. The van der Waals surface area contributed by atoms with Crippen LogP contribution in [0.3, 0.4) is 0 Å². The van der Waals surface area contributed by atoms with Crippen LogP contribution in [0.5, 0.6) is 11.5 Å². The molecule has 2 amide bonds. The molecule has 5 aromatic rings. The van der Waals surface area contributed by atoms with Gasteiger partial charge in [-0.05, 0) is 67.4 Å². The van der Waals surface area contributed by atoms with Gasteiger partial charge in [0, 0.05) is 49.6 Å². The van der Waals surface area contributed by atoms with E-state index in [1.807, 2.05) is 77.4 Å². The standard InChI is InChI=1S/C34H36N8O3/c1-41(20-17-25-10-5-6-18-38-25)33(44)24-15-16-29-28(22-24)40-32(42(29)30(31(35)43)14-8-19-39-34(36)37)23-9-7-13-27(21-23)45-26-11-3-2-4-12-26/h2-7,9-13,15-16,18,21-22,30H,8,14,17,19-20H2,1H3,(H2,35,43)(H4,36,37,39)/t30-/m1/s1. The lowest BCUT2D eigenvalue weighted by atomic mass is 10.1. The SMILES string of the molecule is CN(CCc1ccccn1)C(=O)c1ccc2c(c1)nc(-c1cccc(Oc3ccccc3)c1)n2[C@H](CCCNC(=N)N)C(N)=O. The first kappa shape index (κ1) is 30.7. The van der Waals surface area contributed by atoms with E-state index in [1.54, 1.807) is 36.3 Å². The predicted octanol–water partition coefficient (Wildman–Crippen LogP) is 4.49. The molecule has 0 fully saturated rings. The predicted molar refractivity (Wildman–Crippen MR) is 174 cm³/mol. The molecule has 0 aliphatic carbocycles. The molecular weight excluding hydrogens is 568 g/mol. The van der Waals surface area contributed by atoms with Crippen molar-refractivity contribution in [3.63, 3.8) is 0 Å². The number of fused-ring (bicyclic) bond motifs is 1. The van der Waals surface area contributed by atoms with Crippen molar-refractivity contribution < 1.29 is 14.3 Å². The Bertz CT molecular complexity index is 1790.